The summed E-state index contributed by atoms with van der Waals surface area (Å²) in [5.41, 5.74) is -0.347. The van der Waals surface area contributed by atoms with Crippen molar-refractivity contribution < 1.29 is 17.7 Å². The van der Waals surface area contributed by atoms with E-state index in [0.717, 1.165) is 25.7 Å². The molecular weight excluding hydrogens is 318 g/mol. The number of nitrogens with one attached hydrogen (secondary N) is 1. The molecule has 1 saturated carbocycles. The van der Waals surface area contributed by atoms with Gasteiger partial charge in [-0.1, -0.05) is 38.8 Å². The van der Waals surface area contributed by atoms with Crippen LogP contribution in [0.1, 0.15) is 65.1 Å². The maximum absolute atomic E-state index is 12.4. The predicted octanol–water partition coefficient (Wildman–Crippen LogP) is 1.73. The van der Waals surface area contributed by atoms with E-state index in [0.29, 0.717) is 5.89 Å². The number of carbonyl (C=O) groups excluding carboxylic acids is 1. The molecule has 1 N–H and O–H groups in total. The molecule has 0 aromatic carbocycles. The average molecular weight is 343 g/mol. The van der Waals surface area contributed by atoms with Gasteiger partial charge in [0.25, 0.3) is 0 Å². The zero-order chi connectivity index (χ0) is 17.3. The van der Waals surface area contributed by atoms with Gasteiger partial charge < -0.3 is 9.84 Å². The van der Waals surface area contributed by atoms with Gasteiger partial charge in [-0.25, -0.2) is 8.42 Å². The van der Waals surface area contributed by atoms with Crippen molar-refractivity contribution in [2.24, 2.45) is 0 Å². The van der Waals surface area contributed by atoms with Crippen LogP contribution in [0, 0.1) is 0 Å². The summed E-state index contributed by atoms with van der Waals surface area (Å²) in [5, 5.41) is 5.41. The molecule has 7 nitrogen and oxygen atoms in total. The lowest BCUT2D eigenvalue weighted by molar-refractivity contribution is -0.121. The van der Waals surface area contributed by atoms with Crippen LogP contribution in [0.2, 0.25) is 0 Å². The highest BCUT2D eigenvalue weighted by atomic mass is 32.2. The van der Waals surface area contributed by atoms with Gasteiger partial charge in [-0.2, -0.15) is 4.98 Å². The van der Waals surface area contributed by atoms with Gasteiger partial charge in [-0.15, -0.1) is 0 Å². The third-order valence-corrected chi connectivity index (χ3v) is 6.00. The van der Waals surface area contributed by atoms with Crippen molar-refractivity contribution in [2.45, 2.75) is 75.8 Å². The Morgan fingerprint density at radius 2 is 1.96 bits per heavy atom. The molecule has 0 saturated heterocycles. The zero-order valence-corrected chi connectivity index (χ0v) is 14.9. The first kappa shape index (κ1) is 17.9. The van der Waals surface area contributed by atoms with Crippen LogP contribution in [0.4, 0.5) is 0 Å². The highest BCUT2D eigenvalue weighted by molar-refractivity contribution is 7.92. The van der Waals surface area contributed by atoms with Gasteiger partial charge in [-0.3, -0.25) is 4.79 Å². The Bertz CT molecular complexity index is 655. The fourth-order valence-corrected chi connectivity index (χ4v) is 3.60. The molecule has 1 aliphatic carbocycles. The minimum absolute atomic E-state index is 0.0930. The molecule has 1 aromatic rings. The minimum atomic E-state index is -3.68. The minimum Gasteiger partial charge on any atom is -0.352 e. The van der Waals surface area contributed by atoms with Crippen molar-refractivity contribution in [1.82, 2.24) is 15.5 Å². The van der Waals surface area contributed by atoms with E-state index in [2.05, 4.69) is 15.5 Å². The molecule has 1 aliphatic rings. The molecule has 1 fully saturated rings. The van der Waals surface area contributed by atoms with E-state index in [4.69, 9.17) is 4.52 Å². The summed E-state index contributed by atoms with van der Waals surface area (Å²) in [6, 6.07) is 0.0952. The number of sulfone groups is 1. The van der Waals surface area contributed by atoms with Crippen molar-refractivity contribution in [3.63, 3.8) is 0 Å². The van der Waals surface area contributed by atoms with Crippen LogP contribution < -0.4 is 5.32 Å². The van der Waals surface area contributed by atoms with Gasteiger partial charge in [0, 0.05) is 11.5 Å². The smallest absolute Gasteiger partial charge is 0.238 e. The molecule has 1 atom stereocenters. The first-order valence-corrected chi connectivity index (χ1v) is 9.66. The number of aromatic nitrogens is 2. The molecule has 0 spiro atoms. The third kappa shape index (κ3) is 4.53. The Labute approximate surface area is 137 Å². The van der Waals surface area contributed by atoms with Crippen LogP contribution in [0.25, 0.3) is 0 Å². The molecule has 2 rings (SSSR count). The van der Waals surface area contributed by atoms with Crippen LogP contribution in [0.3, 0.4) is 0 Å². The molecule has 23 heavy (non-hydrogen) atoms. The maximum Gasteiger partial charge on any atom is 0.238 e. The fraction of sp³-hybridized carbons (Fsp3) is 0.800. The normalized spacial score (nSPS) is 18.1. The standard InChI is InChI=1S/C15H25N3O4S/c1-10(13(19)16-11-7-5-6-8-11)23(20,21)9-12-17-14(22-18-12)15(2,3)4/h10-11H,5-9H2,1-4H3,(H,16,19)/t10-/m1/s1. The van der Waals surface area contributed by atoms with E-state index in [1.54, 1.807) is 0 Å². The van der Waals surface area contributed by atoms with Crippen molar-refractivity contribution in [3.05, 3.63) is 11.7 Å². The SMILES string of the molecule is C[C@H](C(=O)NC1CCCC1)S(=O)(=O)Cc1noc(C(C)(C)C)n1. The van der Waals surface area contributed by atoms with Gasteiger partial charge in [0.1, 0.15) is 11.0 Å². The highest BCUT2D eigenvalue weighted by Crippen LogP contribution is 2.21. The third-order valence-electron chi connectivity index (χ3n) is 4.05. The highest BCUT2D eigenvalue weighted by Gasteiger charge is 2.32. The predicted molar refractivity (Wildman–Crippen MR) is 85.5 cm³/mol. The average Bonchev–Trinajstić information content (AvgIpc) is 3.08. The number of rotatable bonds is 5. The molecular formula is C15H25N3O4S. The lowest BCUT2D eigenvalue weighted by atomic mass is 9.97. The van der Waals surface area contributed by atoms with E-state index in [-0.39, 0.29) is 17.3 Å². The van der Waals surface area contributed by atoms with Gasteiger partial charge in [-0.05, 0) is 19.8 Å². The largest absolute Gasteiger partial charge is 0.352 e. The molecule has 0 bridgehead atoms. The number of hydrogen-bond donors (Lipinski definition) is 1. The number of hydrogen-bond acceptors (Lipinski definition) is 6. The summed E-state index contributed by atoms with van der Waals surface area (Å²) in [7, 11) is -3.68. The molecule has 0 aliphatic heterocycles. The molecule has 0 radical (unpaired) electrons. The van der Waals surface area contributed by atoms with Crippen LogP contribution in [-0.4, -0.2) is 35.8 Å². The van der Waals surface area contributed by atoms with Gasteiger partial charge in [0.15, 0.2) is 15.7 Å². The monoisotopic (exact) mass is 343 g/mol. The van der Waals surface area contributed by atoms with Gasteiger partial charge >= 0.3 is 0 Å². The lowest BCUT2D eigenvalue weighted by Gasteiger charge is -2.16. The van der Waals surface area contributed by atoms with E-state index in [1.165, 1.54) is 6.92 Å². The second kappa shape index (κ2) is 6.59. The number of amides is 1. The van der Waals surface area contributed by atoms with Crippen LogP contribution in [0.15, 0.2) is 4.52 Å². The Balaban J connectivity index is 2.02. The second-order valence-corrected chi connectivity index (χ2v) is 9.53. The lowest BCUT2D eigenvalue weighted by Crippen LogP contribution is -2.42. The summed E-state index contributed by atoms with van der Waals surface area (Å²) >= 11 is 0. The molecule has 1 heterocycles. The Morgan fingerprint density at radius 3 is 2.48 bits per heavy atom. The van der Waals surface area contributed by atoms with Gasteiger partial charge in [0.2, 0.25) is 11.8 Å². The molecule has 1 amide bonds. The van der Waals surface area contributed by atoms with E-state index >= 15 is 0 Å². The quantitative estimate of drug-likeness (QED) is 0.873. The van der Waals surface area contributed by atoms with Crippen LogP contribution in [-0.2, 0) is 25.8 Å². The summed E-state index contributed by atoms with van der Waals surface area (Å²) in [4.78, 5) is 16.3. The molecule has 0 unspecified atom stereocenters. The van der Waals surface area contributed by atoms with E-state index < -0.39 is 26.7 Å². The first-order valence-electron chi connectivity index (χ1n) is 7.94. The molecule has 8 heteroatoms. The van der Waals surface area contributed by atoms with Crippen molar-refractivity contribution in [1.29, 1.82) is 0 Å². The topological polar surface area (TPSA) is 102 Å². The second-order valence-electron chi connectivity index (χ2n) is 7.21. The van der Waals surface area contributed by atoms with Crippen molar-refractivity contribution in [2.75, 3.05) is 0 Å². The van der Waals surface area contributed by atoms with Gasteiger partial charge in [0.05, 0.1) is 0 Å². The molecule has 1 aromatic heterocycles. The van der Waals surface area contributed by atoms with Crippen molar-refractivity contribution >= 4 is 15.7 Å². The summed E-state index contributed by atoms with van der Waals surface area (Å²) in [6.45, 7) is 7.10. The Kier molecular flexibility index (Phi) is 5.13. The summed E-state index contributed by atoms with van der Waals surface area (Å²) in [5.74, 6) is -0.371. The maximum atomic E-state index is 12.4. The number of carbonyl (C=O) groups is 1. The Hall–Kier alpha value is -1.44. The summed E-state index contributed by atoms with van der Waals surface area (Å²) in [6.07, 6.45) is 3.98. The molecule has 130 valence electrons. The fourth-order valence-electron chi connectivity index (χ4n) is 2.47. The van der Waals surface area contributed by atoms with E-state index in [9.17, 15) is 13.2 Å². The van der Waals surface area contributed by atoms with Crippen LogP contribution in [0.5, 0.6) is 0 Å². The van der Waals surface area contributed by atoms with E-state index in [1.807, 2.05) is 20.8 Å². The van der Waals surface area contributed by atoms with Crippen LogP contribution >= 0.6 is 0 Å². The Morgan fingerprint density at radius 1 is 1.35 bits per heavy atom. The number of nitrogens with zero attached hydrogens (tertiary/aromatic N) is 2. The van der Waals surface area contributed by atoms with Crippen molar-refractivity contribution in [3.8, 4) is 0 Å². The first-order chi connectivity index (χ1) is 10.6. The zero-order valence-electron chi connectivity index (χ0n) is 14.1. The summed E-state index contributed by atoms with van der Waals surface area (Å²) < 4.78 is 29.9.